The van der Waals surface area contributed by atoms with E-state index in [0.717, 1.165) is 13.0 Å². The minimum Gasteiger partial charge on any atom is -0.358 e. The lowest BCUT2D eigenvalue weighted by Gasteiger charge is -2.05. The molecule has 1 aliphatic heterocycles. The van der Waals surface area contributed by atoms with Crippen molar-refractivity contribution in [3.8, 4) is 0 Å². The van der Waals surface area contributed by atoms with E-state index in [-0.39, 0.29) is 11.9 Å². The van der Waals surface area contributed by atoms with Gasteiger partial charge in [-0.25, -0.2) is 0 Å². The molecule has 0 aromatic heterocycles. The molecule has 0 spiro atoms. The van der Waals surface area contributed by atoms with Gasteiger partial charge in [0.25, 0.3) is 0 Å². The summed E-state index contributed by atoms with van der Waals surface area (Å²) >= 11 is 0. The van der Waals surface area contributed by atoms with Crippen molar-refractivity contribution in [2.45, 2.75) is 12.5 Å². The Hall–Kier alpha value is -0.570. The molecule has 0 aromatic carbocycles. The summed E-state index contributed by atoms with van der Waals surface area (Å²) in [6, 6.07) is 0.0231. The average molecular weight is 127 g/mol. The van der Waals surface area contributed by atoms with Crippen LogP contribution in [0.1, 0.15) is 6.42 Å². The number of amides is 1. The molecule has 1 radical (unpaired) electrons. The number of hydrogen-bond donors (Lipinski definition) is 2. The van der Waals surface area contributed by atoms with Crippen molar-refractivity contribution in [3.05, 3.63) is 6.42 Å². The number of nitrogens with one attached hydrogen (secondary N) is 2. The highest BCUT2D eigenvalue weighted by Crippen LogP contribution is 2.02. The SMILES string of the molecule is CNC(=O)C1C[CH]CN1. The molecule has 3 nitrogen and oxygen atoms in total. The third kappa shape index (κ3) is 1.42. The fourth-order valence-electron chi connectivity index (χ4n) is 0.933. The molecule has 1 saturated heterocycles. The molecule has 0 bridgehead atoms. The maximum atomic E-state index is 10.8. The Labute approximate surface area is 54.8 Å². The minimum absolute atomic E-state index is 0.0231. The Balaban J connectivity index is 2.32. The van der Waals surface area contributed by atoms with Gasteiger partial charge in [-0.15, -0.1) is 0 Å². The van der Waals surface area contributed by atoms with Crippen LogP contribution in [-0.4, -0.2) is 25.5 Å². The topological polar surface area (TPSA) is 41.1 Å². The molecule has 2 N–H and O–H groups in total. The average Bonchev–Trinajstić information content (AvgIpc) is 2.37. The van der Waals surface area contributed by atoms with Crippen LogP contribution in [0.3, 0.4) is 0 Å². The number of hydrogen-bond acceptors (Lipinski definition) is 2. The second kappa shape index (κ2) is 2.82. The molecule has 1 unspecified atom stereocenters. The third-order valence-corrected chi connectivity index (χ3v) is 1.47. The van der Waals surface area contributed by atoms with Gasteiger partial charge in [-0.1, -0.05) is 0 Å². The maximum absolute atomic E-state index is 10.8. The molecule has 1 heterocycles. The van der Waals surface area contributed by atoms with Crippen LogP contribution in [-0.2, 0) is 4.79 Å². The molecule has 1 atom stereocenters. The first-order chi connectivity index (χ1) is 4.34. The molecular weight excluding hydrogens is 116 g/mol. The largest absolute Gasteiger partial charge is 0.358 e. The van der Waals surface area contributed by atoms with Gasteiger partial charge in [-0.05, 0) is 19.4 Å². The van der Waals surface area contributed by atoms with Crippen molar-refractivity contribution < 1.29 is 4.79 Å². The summed E-state index contributed by atoms with van der Waals surface area (Å²) < 4.78 is 0. The van der Waals surface area contributed by atoms with E-state index in [1.807, 2.05) is 0 Å². The molecule has 0 saturated carbocycles. The summed E-state index contributed by atoms with van der Waals surface area (Å²) in [6.45, 7) is 0.859. The second-order valence-electron chi connectivity index (χ2n) is 2.10. The van der Waals surface area contributed by atoms with E-state index in [2.05, 4.69) is 17.1 Å². The minimum atomic E-state index is 0.0231. The number of carbonyl (C=O) groups excluding carboxylic acids is 1. The molecule has 0 aliphatic carbocycles. The third-order valence-electron chi connectivity index (χ3n) is 1.47. The van der Waals surface area contributed by atoms with E-state index in [9.17, 15) is 4.79 Å². The highest BCUT2D eigenvalue weighted by atomic mass is 16.2. The van der Waals surface area contributed by atoms with Crippen LogP contribution in [0.25, 0.3) is 0 Å². The quantitative estimate of drug-likeness (QED) is 0.489. The molecule has 0 aromatic rings. The van der Waals surface area contributed by atoms with Crippen molar-refractivity contribution >= 4 is 5.91 Å². The Morgan fingerprint density at radius 1 is 1.89 bits per heavy atom. The molecule has 51 valence electrons. The zero-order valence-corrected chi connectivity index (χ0v) is 5.48. The van der Waals surface area contributed by atoms with Crippen molar-refractivity contribution in [1.29, 1.82) is 0 Å². The zero-order valence-electron chi connectivity index (χ0n) is 5.48. The van der Waals surface area contributed by atoms with E-state index in [1.54, 1.807) is 7.05 Å². The lowest BCUT2D eigenvalue weighted by molar-refractivity contribution is -0.122. The van der Waals surface area contributed by atoms with Gasteiger partial charge in [0.15, 0.2) is 0 Å². The van der Waals surface area contributed by atoms with Crippen LogP contribution in [0, 0.1) is 6.42 Å². The zero-order chi connectivity index (χ0) is 6.69. The van der Waals surface area contributed by atoms with Crippen LogP contribution in [0.15, 0.2) is 0 Å². The highest BCUT2D eigenvalue weighted by molar-refractivity contribution is 5.81. The van der Waals surface area contributed by atoms with Gasteiger partial charge in [0.1, 0.15) is 0 Å². The maximum Gasteiger partial charge on any atom is 0.236 e. The number of rotatable bonds is 1. The number of likely N-dealkylation sites (N-methyl/N-ethyl adjacent to an activating group) is 1. The first kappa shape index (κ1) is 6.55. The monoisotopic (exact) mass is 127 g/mol. The number of carbonyl (C=O) groups is 1. The van der Waals surface area contributed by atoms with Crippen molar-refractivity contribution in [1.82, 2.24) is 10.6 Å². The Morgan fingerprint density at radius 2 is 2.67 bits per heavy atom. The van der Waals surface area contributed by atoms with Gasteiger partial charge in [0.05, 0.1) is 6.04 Å². The van der Waals surface area contributed by atoms with Crippen LogP contribution in [0.4, 0.5) is 0 Å². The van der Waals surface area contributed by atoms with Gasteiger partial charge in [-0.3, -0.25) is 4.79 Å². The first-order valence-electron chi connectivity index (χ1n) is 3.11. The summed E-state index contributed by atoms with van der Waals surface area (Å²) in [6.07, 6.45) is 2.93. The Kier molecular flexibility index (Phi) is 2.05. The predicted molar refractivity (Wildman–Crippen MR) is 34.8 cm³/mol. The fraction of sp³-hybridized carbons (Fsp3) is 0.667. The van der Waals surface area contributed by atoms with E-state index in [1.165, 1.54) is 0 Å². The van der Waals surface area contributed by atoms with Crippen LogP contribution < -0.4 is 10.6 Å². The lowest BCUT2D eigenvalue weighted by Crippen LogP contribution is -2.38. The van der Waals surface area contributed by atoms with Gasteiger partial charge >= 0.3 is 0 Å². The first-order valence-corrected chi connectivity index (χ1v) is 3.11. The highest BCUT2D eigenvalue weighted by Gasteiger charge is 2.20. The standard InChI is InChI=1S/C6H11N2O/c1-7-6(9)5-3-2-4-8-5/h2,5,8H,3-4H2,1H3,(H,7,9). The lowest BCUT2D eigenvalue weighted by atomic mass is 10.2. The Bertz CT molecular complexity index is 108. The molecule has 9 heavy (non-hydrogen) atoms. The molecule has 3 heteroatoms. The van der Waals surface area contributed by atoms with Gasteiger partial charge in [-0.2, -0.15) is 0 Å². The fourth-order valence-corrected chi connectivity index (χ4v) is 0.933. The van der Waals surface area contributed by atoms with Crippen molar-refractivity contribution in [3.63, 3.8) is 0 Å². The Morgan fingerprint density at radius 3 is 3.11 bits per heavy atom. The molecule has 1 amide bonds. The molecule has 1 fully saturated rings. The second-order valence-corrected chi connectivity index (χ2v) is 2.10. The normalized spacial score (nSPS) is 26.1. The van der Waals surface area contributed by atoms with E-state index < -0.39 is 0 Å². The van der Waals surface area contributed by atoms with Crippen LogP contribution >= 0.6 is 0 Å². The summed E-state index contributed by atoms with van der Waals surface area (Å²) in [5.74, 6) is 0.0868. The van der Waals surface area contributed by atoms with Crippen molar-refractivity contribution in [2.24, 2.45) is 0 Å². The summed E-state index contributed by atoms with van der Waals surface area (Å²) in [7, 11) is 1.66. The smallest absolute Gasteiger partial charge is 0.236 e. The van der Waals surface area contributed by atoms with Gasteiger partial charge in [0.2, 0.25) is 5.91 Å². The molecular formula is C6H11N2O. The summed E-state index contributed by atoms with van der Waals surface area (Å²) in [4.78, 5) is 10.8. The van der Waals surface area contributed by atoms with E-state index in [4.69, 9.17) is 0 Å². The molecule has 1 aliphatic rings. The van der Waals surface area contributed by atoms with E-state index in [0.29, 0.717) is 0 Å². The van der Waals surface area contributed by atoms with Crippen molar-refractivity contribution in [2.75, 3.05) is 13.6 Å². The van der Waals surface area contributed by atoms with Crippen LogP contribution in [0.5, 0.6) is 0 Å². The van der Waals surface area contributed by atoms with Gasteiger partial charge in [0, 0.05) is 7.05 Å². The summed E-state index contributed by atoms with van der Waals surface area (Å²) in [5.41, 5.74) is 0. The molecule has 1 rings (SSSR count). The predicted octanol–water partition coefficient (Wildman–Crippen LogP) is -0.701. The van der Waals surface area contributed by atoms with Crippen LogP contribution in [0.2, 0.25) is 0 Å². The summed E-state index contributed by atoms with van der Waals surface area (Å²) in [5, 5.41) is 5.63. The van der Waals surface area contributed by atoms with Gasteiger partial charge < -0.3 is 10.6 Å². The van der Waals surface area contributed by atoms with E-state index >= 15 is 0 Å².